The Morgan fingerprint density at radius 3 is 3.29 bits per heavy atom. The Bertz CT molecular complexity index is 271. The molecule has 1 N–H and O–H groups in total. The van der Waals surface area contributed by atoms with Gasteiger partial charge in [0.15, 0.2) is 0 Å². The molecule has 4 nitrogen and oxygen atoms in total. The summed E-state index contributed by atoms with van der Waals surface area (Å²) in [6.45, 7) is 7.83. The molecule has 0 aliphatic rings. The summed E-state index contributed by atoms with van der Waals surface area (Å²) in [7, 11) is 0. The minimum absolute atomic E-state index is 0.333. The van der Waals surface area contributed by atoms with Crippen LogP contribution in [0.25, 0.3) is 0 Å². The van der Waals surface area contributed by atoms with E-state index in [1.165, 1.54) is 0 Å². The summed E-state index contributed by atoms with van der Waals surface area (Å²) in [5, 5.41) is 3.15. The predicted octanol–water partition coefficient (Wildman–Crippen LogP) is 1.74. The summed E-state index contributed by atoms with van der Waals surface area (Å²) in [5.74, 6) is 0. The average Bonchev–Trinajstić information content (AvgIpc) is 2.63. The molecule has 0 fully saturated rings. The zero-order valence-electron chi connectivity index (χ0n) is 8.45. The predicted molar refractivity (Wildman–Crippen MR) is 54.2 cm³/mol. The number of hydrogen-bond acceptors (Lipinski definition) is 4. The van der Waals surface area contributed by atoms with Crippen LogP contribution in [-0.4, -0.2) is 18.1 Å². The van der Waals surface area contributed by atoms with Crippen molar-refractivity contribution in [3.8, 4) is 6.08 Å². The van der Waals surface area contributed by atoms with Crippen molar-refractivity contribution >= 4 is 0 Å². The SMILES string of the molecule is C=CCCOc1nc(CNCC)co1. The van der Waals surface area contributed by atoms with Gasteiger partial charge in [0, 0.05) is 6.54 Å². The maximum Gasteiger partial charge on any atom is 0.393 e. The highest BCUT2D eigenvalue weighted by molar-refractivity contribution is 4.99. The largest absolute Gasteiger partial charge is 0.450 e. The van der Waals surface area contributed by atoms with E-state index >= 15 is 0 Å². The van der Waals surface area contributed by atoms with E-state index in [-0.39, 0.29) is 0 Å². The summed E-state index contributed by atoms with van der Waals surface area (Å²) in [6.07, 6.45) is 4.53. The van der Waals surface area contributed by atoms with E-state index in [0.29, 0.717) is 19.2 Å². The van der Waals surface area contributed by atoms with Gasteiger partial charge in [-0.2, -0.15) is 4.98 Å². The minimum Gasteiger partial charge on any atom is -0.450 e. The minimum atomic E-state index is 0.333. The first-order valence-electron chi connectivity index (χ1n) is 4.75. The first-order valence-corrected chi connectivity index (χ1v) is 4.75. The fourth-order valence-electron chi connectivity index (χ4n) is 0.919. The molecule has 0 amide bonds. The molecular formula is C10H16N2O2. The number of rotatable bonds is 7. The molecule has 0 saturated carbocycles. The standard InChI is InChI=1S/C10H16N2O2/c1-3-5-6-13-10-12-9(8-14-10)7-11-4-2/h3,8,11H,1,4-7H2,2H3. The molecule has 0 unspecified atom stereocenters. The van der Waals surface area contributed by atoms with Crippen molar-refractivity contribution in [2.75, 3.05) is 13.2 Å². The van der Waals surface area contributed by atoms with Crippen LogP contribution in [0.1, 0.15) is 19.0 Å². The number of ether oxygens (including phenoxy) is 1. The van der Waals surface area contributed by atoms with Gasteiger partial charge in [-0.3, -0.25) is 0 Å². The van der Waals surface area contributed by atoms with Gasteiger partial charge in [-0.15, -0.1) is 6.58 Å². The van der Waals surface area contributed by atoms with Crippen molar-refractivity contribution in [1.82, 2.24) is 10.3 Å². The Hall–Kier alpha value is -1.29. The zero-order chi connectivity index (χ0) is 10.2. The van der Waals surface area contributed by atoms with E-state index in [4.69, 9.17) is 9.15 Å². The molecule has 78 valence electrons. The first-order chi connectivity index (χ1) is 6.86. The van der Waals surface area contributed by atoms with Crippen LogP contribution in [0.3, 0.4) is 0 Å². The molecule has 1 aromatic heterocycles. The Labute approximate surface area is 84.0 Å². The van der Waals surface area contributed by atoms with Gasteiger partial charge < -0.3 is 14.5 Å². The second-order valence-corrected chi connectivity index (χ2v) is 2.81. The highest BCUT2D eigenvalue weighted by Gasteiger charge is 2.03. The van der Waals surface area contributed by atoms with Gasteiger partial charge in [0.1, 0.15) is 6.26 Å². The second-order valence-electron chi connectivity index (χ2n) is 2.81. The van der Waals surface area contributed by atoms with Gasteiger partial charge in [0.25, 0.3) is 0 Å². The van der Waals surface area contributed by atoms with Crippen LogP contribution < -0.4 is 10.1 Å². The molecule has 0 aliphatic carbocycles. The fraction of sp³-hybridized carbons (Fsp3) is 0.500. The molecule has 0 atom stereocenters. The number of hydrogen-bond donors (Lipinski definition) is 1. The van der Waals surface area contributed by atoms with E-state index in [1.807, 2.05) is 6.92 Å². The summed E-state index contributed by atoms with van der Waals surface area (Å²) in [6, 6.07) is 0. The molecule has 1 rings (SSSR count). The lowest BCUT2D eigenvalue weighted by atomic mass is 10.5. The van der Waals surface area contributed by atoms with Crippen LogP contribution in [0.5, 0.6) is 6.08 Å². The first kappa shape index (κ1) is 10.8. The number of nitrogens with one attached hydrogen (secondary N) is 1. The van der Waals surface area contributed by atoms with E-state index < -0.39 is 0 Å². The molecule has 0 aromatic carbocycles. The third kappa shape index (κ3) is 3.62. The van der Waals surface area contributed by atoms with Crippen molar-refractivity contribution in [2.24, 2.45) is 0 Å². The quantitative estimate of drug-likeness (QED) is 0.533. The van der Waals surface area contributed by atoms with Crippen molar-refractivity contribution in [2.45, 2.75) is 19.9 Å². The fourth-order valence-corrected chi connectivity index (χ4v) is 0.919. The lowest BCUT2D eigenvalue weighted by molar-refractivity contribution is 0.235. The maximum atomic E-state index is 5.23. The zero-order valence-corrected chi connectivity index (χ0v) is 8.45. The molecule has 0 radical (unpaired) electrons. The monoisotopic (exact) mass is 196 g/mol. The smallest absolute Gasteiger partial charge is 0.393 e. The normalized spacial score (nSPS) is 10.1. The second kappa shape index (κ2) is 6.21. The van der Waals surface area contributed by atoms with Crippen molar-refractivity contribution in [1.29, 1.82) is 0 Å². The van der Waals surface area contributed by atoms with Crippen LogP contribution >= 0.6 is 0 Å². The molecule has 0 saturated heterocycles. The number of oxazole rings is 1. The van der Waals surface area contributed by atoms with Crippen LogP contribution in [0.2, 0.25) is 0 Å². The van der Waals surface area contributed by atoms with Crippen LogP contribution in [-0.2, 0) is 6.54 Å². The van der Waals surface area contributed by atoms with Gasteiger partial charge in [-0.1, -0.05) is 13.0 Å². The Balaban J connectivity index is 2.31. The summed E-state index contributed by atoms with van der Waals surface area (Å²) in [5.41, 5.74) is 0.862. The van der Waals surface area contributed by atoms with Crippen LogP contribution in [0.15, 0.2) is 23.3 Å². The molecule has 0 bridgehead atoms. The summed E-state index contributed by atoms with van der Waals surface area (Å²) < 4.78 is 10.3. The Kier molecular flexibility index (Phi) is 4.78. The third-order valence-corrected chi connectivity index (χ3v) is 1.63. The molecule has 0 aliphatic heterocycles. The van der Waals surface area contributed by atoms with Crippen molar-refractivity contribution < 1.29 is 9.15 Å². The third-order valence-electron chi connectivity index (χ3n) is 1.63. The average molecular weight is 196 g/mol. The number of nitrogens with zero attached hydrogens (tertiary/aromatic N) is 1. The van der Waals surface area contributed by atoms with E-state index in [2.05, 4.69) is 16.9 Å². The Morgan fingerprint density at radius 1 is 1.71 bits per heavy atom. The van der Waals surface area contributed by atoms with Gasteiger partial charge in [-0.25, -0.2) is 0 Å². The van der Waals surface area contributed by atoms with Gasteiger partial charge in [-0.05, 0) is 13.0 Å². The highest BCUT2D eigenvalue weighted by Crippen LogP contribution is 2.09. The maximum absolute atomic E-state index is 5.23. The molecular weight excluding hydrogens is 180 g/mol. The summed E-state index contributed by atoms with van der Waals surface area (Å²) in [4.78, 5) is 4.13. The topological polar surface area (TPSA) is 47.3 Å². The van der Waals surface area contributed by atoms with E-state index in [0.717, 1.165) is 18.7 Å². The molecule has 14 heavy (non-hydrogen) atoms. The van der Waals surface area contributed by atoms with Gasteiger partial charge in [0.05, 0.1) is 12.3 Å². The number of aromatic nitrogens is 1. The van der Waals surface area contributed by atoms with E-state index in [1.54, 1.807) is 12.3 Å². The molecule has 4 heteroatoms. The van der Waals surface area contributed by atoms with Crippen molar-refractivity contribution in [3.63, 3.8) is 0 Å². The van der Waals surface area contributed by atoms with Crippen LogP contribution in [0.4, 0.5) is 0 Å². The lowest BCUT2D eigenvalue weighted by Crippen LogP contribution is -2.11. The molecule has 1 heterocycles. The van der Waals surface area contributed by atoms with Gasteiger partial charge in [0.2, 0.25) is 0 Å². The highest BCUT2D eigenvalue weighted by atomic mass is 16.6. The molecule has 1 aromatic rings. The van der Waals surface area contributed by atoms with Crippen LogP contribution in [0, 0.1) is 0 Å². The van der Waals surface area contributed by atoms with Gasteiger partial charge >= 0.3 is 6.08 Å². The Morgan fingerprint density at radius 2 is 2.57 bits per heavy atom. The van der Waals surface area contributed by atoms with E-state index in [9.17, 15) is 0 Å². The summed E-state index contributed by atoms with van der Waals surface area (Å²) >= 11 is 0. The lowest BCUT2D eigenvalue weighted by Gasteiger charge is -1.96. The van der Waals surface area contributed by atoms with Crippen molar-refractivity contribution in [3.05, 3.63) is 24.6 Å². The molecule has 0 spiro atoms.